The van der Waals surface area contributed by atoms with Gasteiger partial charge in [-0.25, -0.2) is 4.79 Å². The van der Waals surface area contributed by atoms with Gasteiger partial charge < -0.3 is 10.4 Å². The van der Waals surface area contributed by atoms with E-state index in [0.717, 1.165) is 9.40 Å². The van der Waals surface area contributed by atoms with Crippen molar-refractivity contribution < 1.29 is 14.7 Å². The Labute approximate surface area is 106 Å². The van der Waals surface area contributed by atoms with Crippen LogP contribution in [0.2, 0.25) is 0 Å². The van der Waals surface area contributed by atoms with Gasteiger partial charge in [0.2, 0.25) is 0 Å². The zero-order chi connectivity index (χ0) is 12.4. The molecule has 2 N–H and O–H groups in total. The number of hydrogen-bond acceptors (Lipinski definition) is 4. The Balaban J connectivity index is 2.15. The van der Waals surface area contributed by atoms with E-state index < -0.39 is 12.0 Å². The smallest absolute Gasteiger partial charge is 0.326 e. The average molecular weight is 269 g/mol. The van der Waals surface area contributed by atoms with Gasteiger partial charge in [-0.1, -0.05) is 6.92 Å². The summed E-state index contributed by atoms with van der Waals surface area (Å²) >= 11 is 2.95. The number of carboxylic acid groups (broad SMARTS) is 1. The molecule has 2 rings (SSSR count). The lowest BCUT2D eigenvalue weighted by Gasteiger charge is -2.10. The van der Waals surface area contributed by atoms with Crippen LogP contribution in [0, 0.1) is 0 Å². The molecule has 0 aromatic carbocycles. The summed E-state index contributed by atoms with van der Waals surface area (Å²) in [5.74, 6) is -1.31. The van der Waals surface area contributed by atoms with Crippen molar-refractivity contribution >= 4 is 43.9 Å². The molecule has 0 fully saturated rings. The summed E-state index contributed by atoms with van der Waals surface area (Å²) < 4.78 is 2.12. The van der Waals surface area contributed by atoms with E-state index in [4.69, 9.17) is 5.11 Å². The topological polar surface area (TPSA) is 66.4 Å². The summed E-state index contributed by atoms with van der Waals surface area (Å²) in [5, 5.41) is 13.3. The van der Waals surface area contributed by atoms with Crippen LogP contribution in [-0.4, -0.2) is 23.0 Å². The number of aliphatic carboxylic acids is 1. The van der Waals surface area contributed by atoms with Crippen LogP contribution in [0.4, 0.5) is 0 Å². The summed E-state index contributed by atoms with van der Waals surface area (Å²) in [7, 11) is 0. The first-order valence-electron chi connectivity index (χ1n) is 5.12. The highest BCUT2D eigenvalue weighted by atomic mass is 32.1. The molecule has 0 unspecified atom stereocenters. The zero-order valence-electron chi connectivity index (χ0n) is 9.10. The van der Waals surface area contributed by atoms with Crippen molar-refractivity contribution in [2.75, 3.05) is 0 Å². The number of rotatable bonds is 4. The summed E-state index contributed by atoms with van der Waals surface area (Å²) in [6.45, 7) is 1.73. The first-order chi connectivity index (χ1) is 8.11. The number of carbonyl (C=O) groups is 2. The van der Waals surface area contributed by atoms with Crippen molar-refractivity contribution in [2.45, 2.75) is 19.4 Å². The Bertz CT molecular complexity index is 529. The molecular formula is C11H11NO3S2. The van der Waals surface area contributed by atoms with Gasteiger partial charge in [0, 0.05) is 9.40 Å². The van der Waals surface area contributed by atoms with Crippen LogP contribution in [0.3, 0.4) is 0 Å². The third-order valence-corrected chi connectivity index (χ3v) is 4.47. The standard InChI is InChI=1S/C11H11NO3S2/c1-2-6(11(14)15)12-10(13)9-5-8-7(17-9)3-4-16-8/h3-6H,2H2,1H3,(H,12,13)(H,14,15)/t6-/m0/s1. The maximum absolute atomic E-state index is 11.8. The molecule has 1 atom stereocenters. The van der Waals surface area contributed by atoms with Crippen LogP contribution < -0.4 is 5.32 Å². The van der Waals surface area contributed by atoms with Crippen molar-refractivity contribution in [1.29, 1.82) is 0 Å². The molecular weight excluding hydrogens is 258 g/mol. The molecule has 90 valence electrons. The van der Waals surface area contributed by atoms with Crippen LogP contribution in [-0.2, 0) is 4.79 Å². The Hall–Kier alpha value is -1.40. The highest BCUT2D eigenvalue weighted by Crippen LogP contribution is 2.29. The summed E-state index contributed by atoms with van der Waals surface area (Å²) in [6.07, 6.45) is 0.376. The fourth-order valence-corrected chi connectivity index (χ4v) is 3.46. The molecule has 1 amide bonds. The Morgan fingerprint density at radius 2 is 2.24 bits per heavy atom. The van der Waals surface area contributed by atoms with E-state index in [1.807, 2.05) is 11.4 Å². The van der Waals surface area contributed by atoms with Crippen molar-refractivity contribution in [3.63, 3.8) is 0 Å². The predicted octanol–water partition coefficient (Wildman–Crippen LogP) is 2.56. The van der Waals surface area contributed by atoms with Crippen LogP contribution in [0.5, 0.6) is 0 Å². The van der Waals surface area contributed by atoms with Gasteiger partial charge >= 0.3 is 5.97 Å². The van der Waals surface area contributed by atoms with Crippen molar-refractivity contribution in [3.05, 3.63) is 22.4 Å². The Kier molecular flexibility index (Phi) is 3.44. The van der Waals surface area contributed by atoms with E-state index in [0.29, 0.717) is 11.3 Å². The molecule has 0 saturated heterocycles. The molecule has 2 aromatic heterocycles. The number of hydrogen-bond donors (Lipinski definition) is 2. The fourth-order valence-electron chi connectivity index (χ4n) is 1.45. The maximum Gasteiger partial charge on any atom is 0.326 e. The lowest BCUT2D eigenvalue weighted by Crippen LogP contribution is -2.39. The second kappa shape index (κ2) is 4.85. The number of fused-ring (bicyclic) bond motifs is 1. The van der Waals surface area contributed by atoms with Crippen molar-refractivity contribution in [2.24, 2.45) is 0 Å². The second-order valence-corrected chi connectivity index (χ2v) is 5.56. The normalized spacial score (nSPS) is 12.5. The second-order valence-electron chi connectivity index (χ2n) is 3.53. The van der Waals surface area contributed by atoms with E-state index in [2.05, 4.69) is 5.32 Å². The average Bonchev–Trinajstić information content (AvgIpc) is 2.84. The molecule has 4 nitrogen and oxygen atoms in total. The monoisotopic (exact) mass is 269 g/mol. The lowest BCUT2D eigenvalue weighted by atomic mass is 10.2. The highest BCUT2D eigenvalue weighted by molar-refractivity contribution is 7.27. The quantitative estimate of drug-likeness (QED) is 0.896. The van der Waals surface area contributed by atoms with E-state index in [9.17, 15) is 9.59 Å². The summed E-state index contributed by atoms with van der Waals surface area (Å²) in [4.78, 5) is 23.2. The summed E-state index contributed by atoms with van der Waals surface area (Å²) in [5.41, 5.74) is 0. The van der Waals surface area contributed by atoms with Gasteiger partial charge in [-0.05, 0) is 23.9 Å². The first-order valence-corrected chi connectivity index (χ1v) is 6.82. The van der Waals surface area contributed by atoms with Crippen LogP contribution in [0.15, 0.2) is 17.5 Å². The zero-order valence-corrected chi connectivity index (χ0v) is 10.7. The van der Waals surface area contributed by atoms with Gasteiger partial charge in [-0.2, -0.15) is 0 Å². The van der Waals surface area contributed by atoms with E-state index >= 15 is 0 Å². The molecule has 0 aliphatic carbocycles. The molecule has 0 bridgehead atoms. The number of carboxylic acids is 1. The fraction of sp³-hybridized carbons (Fsp3) is 0.273. The highest BCUT2D eigenvalue weighted by Gasteiger charge is 2.19. The van der Waals surface area contributed by atoms with Crippen molar-refractivity contribution in [3.8, 4) is 0 Å². The van der Waals surface area contributed by atoms with Gasteiger partial charge in [-0.3, -0.25) is 4.79 Å². The van der Waals surface area contributed by atoms with E-state index in [-0.39, 0.29) is 5.91 Å². The largest absolute Gasteiger partial charge is 0.480 e. The first kappa shape index (κ1) is 12.1. The minimum absolute atomic E-state index is 0.312. The van der Waals surface area contributed by atoms with Crippen LogP contribution in [0.25, 0.3) is 9.40 Å². The molecule has 2 aromatic rings. The van der Waals surface area contributed by atoms with E-state index in [1.165, 1.54) is 11.3 Å². The molecule has 0 spiro atoms. The molecule has 0 aliphatic rings. The van der Waals surface area contributed by atoms with Crippen LogP contribution in [0.1, 0.15) is 23.0 Å². The SMILES string of the molecule is CC[C@H](NC(=O)c1cc2sccc2s1)C(=O)O. The number of carbonyl (C=O) groups excluding carboxylic acids is 1. The Morgan fingerprint density at radius 1 is 1.47 bits per heavy atom. The molecule has 0 radical (unpaired) electrons. The molecule has 17 heavy (non-hydrogen) atoms. The minimum Gasteiger partial charge on any atom is -0.480 e. The maximum atomic E-state index is 11.8. The number of thiophene rings is 2. The van der Waals surface area contributed by atoms with Crippen LogP contribution >= 0.6 is 22.7 Å². The number of amides is 1. The molecule has 2 heterocycles. The number of nitrogens with one attached hydrogen (secondary N) is 1. The van der Waals surface area contributed by atoms with Gasteiger partial charge in [-0.15, -0.1) is 22.7 Å². The van der Waals surface area contributed by atoms with Crippen molar-refractivity contribution in [1.82, 2.24) is 5.32 Å². The van der Waals surface area contributed by atoms with Gasteiger partial charge in [0.1, 0.15) is 6.04 Å². The predicted molar refractivity (Wildman–Crippen MR) is 68.9 cm³/mol. The summed E-state index contributed by atoms with van der Waals surface area (Å²) in [6, 6.07) is 2.94. The van der Waals surface area contributed by atoms with Gasteiger partial charge in [0.25, 0.3) is 5.91 Å². The molecule has 0 saturated carbocycles. The van der Waals surface area contributed by atoms with Gasteiger partial charge in [0.05, 0.1) is 4.88 Å². The lowest BCUT2D eigenvalue weighted by molar-refractivity contribution is -0.139. The third-order valence-electron chi connectivity index (χ3n) is 2.37. The molecule has 6 heteroatoms. The van der Waals surface area contributed by atoms with E-state index in [1.54, 1.807) is 24.3 Å². The molecule has 0 aliphatic heterocycles. The minimum atomic E-state index is -1.00. The third kappa shape index (κ3) is 2.48. The Morgan fingerprint density at radius 3 is 2.82 bits per heavy atom. The van der Waals surface area contributed by atoms with Gasteiger partial charge in [0.15, 0.2) is 0 Å².